The number of para-hydroxylation sites is 1. The summed E-state index contributed by atoms with van der Waals surface area (Å²) < 4.78 is 5.58. The van der Waals surface area contributed by atoms with Crippen LogP contribution in [0.25, 0.3) is 0 Å². The molecule has 23 heavy (non-hydrogen) atoms. The Hall–Kier alpha value is -2.56. The smallest absolute Gasteiger partial charge is 0.224 e. The highest BCUT2D eigenvalue weighted by Gasteiger charge is 2.07. The standard InChI is InChI=1S/C18H23N3O2/c1-4-23-16-8-6-5-7-14(16)9-12-18(22)20-15-10-11-17(19-13-15)21(2)3/h5-8,10-11,13H,4,9,12H2,1-3H3,(H,20,22). The van der Waals surface area contributed by atoms with Gasteiger partial charge >= 0.3 is 0 Å². The van der Waals surface area contributed by atoms with Gasteiger partial charge in [0.05, 0.1) is 18.5 Å². The number of ether oxygens (including phenoxy) is 1. The molecule has 0 bridgehead atoms. The van der Waals surface area contributed by atoms with Crippen LogP contribution >= 0.6 is 0 Å². The number of hydrogen-bond acceptors (Lipinski definition) is 4. The average Bonchev–Trinajstić information content (AvgIpc) is 2.55. The van der Waals surface area contributed by atoms with E-state index < -0.39 is 0 Å². The molecule has 5 heteroatoms. The predicted molar refractivity (Wildman–Crippen MR) is 93.1 cm³/mol. The van der Waals surface area contributed by atoms with Crippen molar-refractivity contribution in [2.45, 2.75) is 19.8 Å². The molecular weight excluding hydrogens is 290 g/mol. The molecule has 0 saturated carbocycles. The van der Waals surface area contributed by atoms with E-state index in [2.05, 4.69) is 10.3 Å². The number of rotatable bonds is 7. The van der Waals surface area contributed by atoms with Crippen molar-refractivity contribution in [2.75, 3.05) is 30.9 Å². The second-order valence-corrected chi connectivity index (χ2v) is 5.39. The largest absolute Gasteiger partial charge is 0.494 e. The molecule has 1 heterocycles. The molecule has 0 fully saturated rings. The number of aryl methyl sites for hydroxylation is 1. The van der Waals surface area contributed by atoms with Gasteiger partial charge in [0, 0.05) is 20.5 Å². The van der Waals surface area contributed by atoms with Crippen LogP contribution in [-0.4, -0.2) is 31.6 Å². The number of hydrogen-bond donors (Lipinski definition) is 1. The Kier molecular flexibility index (Phi) is 5.97. The SMILES string of the molecule is CCOc1ccccc1CCC(=O)Nc1ccc(N(C)C)nc1. The lowest BCUT2D eigenvalue weighted by Crippen LogP contribution is -2.14. The second-order valence-electron chi connectivity index (χ2n) is 5.39. The normalized spacial score (nSPS) is 10.2. The van der Waals surface area contributed by atoms with Gasteiger partial charge in [0.15, 0.2) is 0 Å². The maximum Gasteiger partial charge on any atom is 0.224 e. The Morgan fingerprint density at radius 3 is 2.65 bits per heavy atom. The van der Waals surface area contributed by atoms with Gasteiger partial charge in [-0.15, -0.1) is 0 Å². The maximum absolute atomic E-state index is 12.1. The van der Waals surface area contributed by atoms with E-state index in [-0.39, 0.29) is 5.91 Å². The highest BCUT2D eigenvalue weighted by Crippen LogP contribution is 2.20. The summed E-state index contributed by atoms with van der Waals surface area (Å²) in [5.41, 5.74) is 1.75. The molecule has 0 aliphatic rings. The van der Waals surface area contributed by atoms with Crippen LogP contribution in [0.3, 0.4) is 0 Å². The number of carbonyl (C=O) groups excluding carboxylic acids is 1. The molecule has 2 aromatic rings. The molecule has 5 nitrogen and oxygen atoms in total. The number of carbonyl (C=O) groups is 1. The van der Waals surface area contributed by atoms with E-state index in [4.69, 9.17) is 4.74 Å². The summed E-state index contributed by atoms with van der Waals surface area (Å²) in [4.78, 5) is 18.3. The minimum Gasteiger partial charge on any atom is -0.494 e. The molecule has 0 aliphatic carbocycles. The van der Waals surface area contributed by atoms with Crippen molar-refractivity contribution in [1.82, 2.24) is 4.98 Å². The molecule has 122 valence electrons. The molecule has 0 saturated heterocycles. The topological polar surface area (TPSA) is 54.5 Å². The van der Waals surface area contributed by atoms with Crippen molar-refractivity contribution in [1.29, 1.82) is 0 Å². The Bertz CT molecular complexity index is 639. The second kappa shape index (κ2) is 8.17. The zero-order chi connectivity index (χ0) is 16.7. The fourth-order valence-electron chi connectivity index (χ4n) is 2.20. The number of benzene rings is 1. The van der Waals surface area contributed by atoms with E-state index in [0.717, 1.165) is 17.1 Å². The van der Waals surface area contributed by atoms with Gasteiger partial charge in [-0.1, -0.05) is 18.2 Å². The molecule has 1 amide bonds. The highest BCUT2D eigenvalue weighted by atomic mass is 16.5. The van der Waals surface area contributed by atoms with Crippen molar-refractivity contribution >= 4 is 17.4 Å². The average molecular weight is 313 g/mol. The molecule has 0 aliphatic heterocycles. The summed E-state index contributed by atoms with van der Waals surface area (Å²) in [6.07, 6.45) is 2.71. The lowest BCUT2D eigenvalue weighted by molar-refractivity contribution is -0.116. The van der Waals surface area contributed by atoms with Gasteiger partial charge in [-0.05, 0) is 37.1 Å². The van der Waals surface area contributed by atoms with E-state index in [1.165, 1.54) is 0 Å². The summed E-state index contributed by atoms with van der Waals surface area (Å²) in [7, 11) is 3.85. The van der Waals surface area contributed by atoms with Crippen molar-refractivity contribution in [3.63, 3.8) is 0 Å². The Morgan fingerprint density at radius 2 is 2.00 bits per heavy atom. The van der Waals surface area contributed by atoms with Gasteiger partial charge in [-0.3, -0.25) is 4.79 Å². The fourth-order valence-corrected chi connectivity index (χ4v) is 2.20. The van der Waals surface area contributed by atoms with Crippen LogP contribution in [0, 0.1) is 0 Å². The number of amides is 1. The van der Waals surface area contributed by atoms with Gasteiger partial charge < -0.3 is 15.0 Å². The summed E-state index contributed by atoms with van der Waals surface area (Å²) >= 11 is 0. The van der Waals surface area contributed by atoms with Gasteiger partial charge in [0.25, 0.3) is 0 Å². The van der Waals surface area contributed by atoms with Crippen LogP contribution in [-0.2, 0) is 11.2 Å². The molecule has 0 atom stereocenters. The summed E-state index contributed by atoms with van der Waals surface area (Å²) in [6, 6.07) is 11.5. The maximum atomic E-state index is 12.1. The summed E-state index contributed by atoms with van der Waals surface area (Å²) in [6.45, 7) is 2.57. The lowest BCUT2D eigenvalue weighted by Gasteiger charge is -2.12. The van der Waals surface area contributed by atoms with Crippen LogP contribution in [0.4, 0.5) is 11.5 Å². The minimum absolute atomic E-state index is 0.0318. The van der Waals surface area contributed by atoms with Gasteiger partial charge in [0.1, 0.15) is 11.6 Å². The number of nitrogens with zero attached hydrogens (tertiary/aromatic N) is 2. The number of nitrogens with one attached hydrogen (secondary N) is 1. The minimum atomic E-state index is -0.0318. The van der Waals surface area contributed by atoms with Crippen molar-refractivity contribution in [3.05, 3.63) is 48.2 Å². The van der Waals surface area contributed by atoms with Crippen LogP contribution in [0.5, 0.6) is 5.75 Å². The van der Waals surface area contributed by atoms with E-state index in [0.29, 0.717) is 25.1 Å². The third kappa shape index (κ3) is 4.98. The molecular formula is C18H23N3O2. The van der Waals surface area contributed by atoms with E-state index in [1.807, 2.05) is 62.3 Å². The monoisotopic (exact) mass is 313 g/mol. The van der Waals surface area contributed by atoms with Crippen LogP contribution in [0.15, 0.2) is 42.6 Å². The van der Waals surface area contributed by atoms with Gasteiger partial charge in [-0.25, -0.2) is 4.98 Å². The summed E-state index contributed by atoms with van der Waals surface area (Å²) in [5.74, 6) is 1.67. The van der Waals surface area contributed by atoms with E-state index >= 15 is 0 Å². The van der Waals surface area contributed by atoms with Gasteiger partial charge in [-0.2, -0.15) is 0 Å². The first-order chi connectivity index (χ1) is 11.1. The number of anilines is 2. The lowest BCUT2D eigenvalue weighted by atomic mass is 10.1. The third-order valence-electron chi connectivity index (χ3n) is 3.38. The zero-order valence-corrected chi connectivity index (χ0v) is 13.9. The number of pyridine rings is 1. The van der Waals surface area contributed by atoms with Crippen molar-refractivity contribution in [2.24, 2.45) is 0 Å². The predicted octanol–water partition coefficient (Wildman–Crippen LogP) is 3.12. The quantitative estimate of drug-likeness (QED) is 0.853. The van der Waals surface area contributed by atoms with E-state index in [9.17, 15) is 4.79 Å². The van der Waals surface area contributed by atoms with Gasteiger partial charge in [0.2, 0.25) is 5.91 Å². The molecule has 1 N–H and O–H groups in total. The van der Waals surface area contributed by atoms with Crippen LogP contribution in [0.1, 0.15) is 18.9 Å². The number of aromatic nitrogens is 1. The van der Waals surface area contributed by atoms with Crippen LogP contribution in [0.2, 0.25) is 0 Å². The molecule has 0 unspecified atom stereocenters. The van der Waals surface area contributed by atoms with Crippen LogP contribution < -0.4 is 15.0 Å². The Labute approximate surface area is 137 Å². The first-order valence-electron chi connectivity index (χ1n) is 7.74. The highest BCUT2D eigenvalue weighted by molar-refractivity contribution is 5.90. The van der Waals surface area contributed by atoms with E-state index in [1.54, 1.807) is 6.20 Å². The molecule has 1 aromatic heterocycles. The van der Waals surface area contributed by atoms with Crippen molar-refractivity contribution in [3.8, 4) is 5.75 Å². The molecule has 1 aromatic carbocycles. The molecule has 0 radical (unpaired) electrons. The zero-order valence-electron chi connectivity index (χ0n) is 13.9. The first-order valence-corrected chi connectivity index (χ1v) is 7.74. The molecule has 0 spiro atoms. The Balaban J connectivity index is 1.90. The fraction of sp³-hybridized carbons (Fsp3) is 0.333. The third-order valence-corrected chi connectivity index (χ3v) is 3.38. The first kappa shape index (κ1) is 16.8. The summed E-state index contributed by atoms with van der Waals surface area (Å²) in [5, 5.41) is 2.87. The molecule has 2 rings (SSSR count). The van der Waals surface area contributed by atoms with Crippen molar-refractivity contribution < 1.29 is 9.53 Å². The Morgan fingerprint density at radius 1 is 1.22 bits per heavy atom.